The minimum atomic E-state index is -4.29. The fraction of sp³-hybridized carbons (Fsp3) is 0.259. The van der Waals surface area contributed by atoms with Gasteiger partial charge < -0.3 is 14.8 Å². The first-order chi connectivity index (χ1) is 18.3. The van der Waals surface area contributed by atoms with Gasteiger partial charge in [0.05, 0.1) is 0 Å². The first-order valence-corrected chi connectivity index (χ1v) is 13.6. The molecule has 198 valence electrons. The monoisotopic (exact) mass is 539 g/mol. The van der Waals surface area contributed by atoms with Gasteiger partial charge in [-0.2, -0.15) is 8.42 Å². The second kappa shape index (κ2) is 10.7. The lowest BCUT2D eigenvalue weighted by Crippen LogP contribution is -2.39. The molecule has 0 aromatic heterocycles. The van der Waals surface area contributed by atoms with E-state index in [2.05, 4.69) is 5.32 Å². The van der Waals surface area contributed by atoms with E-state index in [1.807, 2.05) is 65.4 Å². The number of nitrogens with one attached hydrogen (secondary N) is 2. The molecule has 38 heavy (non-hydrogen) atoms. The minimum Gasteiger partial charge on any atom is -0.487 e. The van der Waals surface area contributed by atoms with Crippen molar-refractivity contribution < 1.29 is 31.9 Å². The Kier molecular flexibility index (Phi) is 7.19. The van der Waals surface area contributed by atoms with Crippen LogP contribution in [0.4, 0.5) is 14.9 Å². The van der Waals surface area contributed by atoms with Crippen molar-refractivity contribution in [3.8, 4) is 5.75 Å². The molecule has 9 nitrogen and oxygen atoms in total. The molecule has 0 spiro atoms. The first-order valence-electron chi connectivity index (χ1n) is 12.1. The van der Waals surface area contributed by atoms with Crippen LogP contribution in [0.5, 0.6) is 5.75 Å². The molecule has 2 aliphatic rings. The Morgan fingerprint density at radius 2 is 1.71 bits per heavy atom. The van der Waals surface area contributed by atoms with Gasteiger partial charge in [0.2, 0.25) is 0 Å². The van der Waals surface area contributed by atoms with Gasteiger partial charge in [0.1, 0.15) is 31.2 Å². The number of halogens is 1. The second-order valence-corrected chi connectivity index (χ2v) is 10.7. The molecule has 0 radical (unpaired) electrons. The minimum absolute atomic E-state index is 0.0267. The Morgan fingerprint density at radius 1 is 1.05 bits per heavy atom. The van der Waals surface area contributed by atoms with Crippen molar-refractivity contribution in [2.24, 2.45) is 0 Å². The summed E-state index contributed by atoms with van der Waals surface area (Å²) in [6.07, 6.45) is 0.472. The first kappa shape index (κ1) is 25.5. The van der Waals surface area contributed by atoms with E-state index in [1.54, 1.807) is 6.07 Å². The third kappa shape index (κ3) is 5.57. The molecule has 1 atom stereocenters. The van der Waals surface area contributed by atoms with E-state index in [0.29, 0.717) is 22.7 Å². The molecule has 11 heteroatoms. The number of ether oxygens (including phenoxy) is 2. The summed E-state index contributed by atoms with van der Waals surface area (Å²) in [7, 11) is -4.29. The molecule has 1 fully saturated rings. The Balaban J connectivity index is 1.38. The molecule has 1 saturated heterocycles. The van der Waals surface area contributed by atoms with E-state index in [1.165, 1.54) is 0 Å². The average molecular weight is 540 g/mol. The van der Waals surface area contributed by atoms with Crippen molar-refractivity contribution in [2.45, 2.75) is 38.5 Å². The van der Waals surface area contributed by atoms with E-state index in [-0.39, 0.29) is 36.6 Å². The number of aryl methyl sites for hydroxylation is 1. The maximum Gasteiger partial charge on any atom is 0.407 e. The highest BCUT2D eigenvalue weighted by atomic mass is 32.2. The highest BCUT2D eigenvalue weighted by molar-refractivity contribution is 7.92. The molecule has 1 aliphatic heterocycles. The number of benzene rings is 3. The quantitative estimate of drug-likeness (QED) is 0.476. The van der Waals surface area contributed by atoms with Gasteiger partial charge in [0.25, 0.3) is 5.91 Å². The third-order valence-corrected chi connectivity index (χ3v) is 7.83. The van der Waals surface area contributed by atoms with Crippen LogP contribution in [0.1, 0.15) is 28.7 Å². The topological polar surface area (TPSA) is 114 Å². The number of fused-ring (bicyclic) bond motifs is 1. The van der Waals surface area contributed by atoms with Crippen molar-refractivity contribution in [3.05, 3.63) is 94.8 Å². The van der Waals surface area contributed by atoms with Crippen LogP contribution in [0, 0.1) is 5.82 Å². The zero-order chi connectivity index (χ0) is 26.7. The molecule has 3 aromatic carbocycles. The summed E-state index contributed by atoms with van der Waals surface area (Å²) >= 11 is 0. The van der Waals surface area contributed by atoms with Gasteiger partial charge >= 0.3 is 16.3 Å². The number of hydrogen-bond acceptors (Lipinski definition) is 6. The Labute approximate surface area is 219 Å². The van der Waals surface area contributed by atoms with Gasteiger partial charge in [-0.25, -0.2) is 18.2 Å². The van der Waals surface area contributed by atoms with Crippen molar-refractivity contribution in [2.75, 3.05) is 10.8 Å². The second-order valence-electron chi connectivity index (χ2n) is 9.13. The van der Waals surface area contributed by atoms with Gasteiger partial charge in [-0.05, 0) is 47.6 Å². The molecule has 2 N–H and O–H groups in total. The maximum absolute atomic E-state index is 16.1. The van der Waals surface area contributed by atoms with E-state index in [4.69, 9.17) is 9.47 Å². The smallest absolute Gasteiger partial charge is 0.407 e. The molecule has 0 saturated carbocycles. The largest absolute Gasteiger partial charge is 0.487 e. The highest BCUT2D eigenvalue weighted by Gasteiger charge is 2.39. The molecule has 0 unspecified atom stereocenters. The van der Waals surface area contributed by atoms with E-state index < -0.39 is 40.6 Å². The Bertz CT molecular complexity index is 1450. The molecule has 3 aromatic rings. The molecular weight excluding hydrogens is 513 g/mol. The zero-order valence-corrected chi connectivity index (χ0v) is 21.2. The Morgan fingerprint density at radius 3 is 2.34 bits per heavy atom. The van der Waals surface area contributed by atoms with Gasteiger partial charge in [0, 0.05) is 6.04 Å². The van der Waals surface area contributed by atoms with Crippen LogP contribution >= 0.6 is 0 Å². The van der Waals surface area contributed by atoms with Gasteiger partial charge in [0.15, 0.2) is 5.82 Å². The number of carbonyl (C=O) groups is 2. The Hall–Kier alpha value is -4.12. The maximum atomic E-state index is 16.1. The van der Waals surface area contributed by atoms with E-state index in [0.717, 1.165) is 11.1 Å². The standard InChI is InChI=1S/C27H26FN3O6S/c28-25-22-14-21(29-27(33)37-17-19-9-5-2-6-10-19)12-11-20(22)13-23(36-16-18-7-3-1-4-8-18)26(25)31-15-24(32)30-38(31,34)35/h1-10,13,21H,11-12,14-17H2,(H,29,33)(H,30,32)/t21-/m1/s1. The summed E-state index contributed by atoms with van der Waals surface area (Å²) in [6.45, 7) is -0.379. The molecule has 0 bridgehead atoms. The summed E-state index contributed by atoms with van der Waals surface area (Å²) in [5, 5.41) is 2.77. The SMILES string of the molecule is O=C1CN(c2c(OCc3ccccc3)cc3c(c2F)C[C@H](NC(=O)OCc2ccccc2)CC3)S(=O)(=O)N1. The van der Waals surface area contributed by atoms with Crippen LogP contribution in [0.3, 0.4) is 0 Å². The van der Waals surface area contributed by atoms with Crippen LogP contribution < -0.4 is 19.1 Å². The predicted molar refractivity (Wildman–Crippen MR) is 137 cm³/mol. The number of anilines is 1. The number of amides is 2. The van der Waals surface area contributed by atoms with Crippen LogP contribution in [0.25, 0.3) is 0 Å². The van der Waals surface area contributed by atoms with Crippen LogP contribution in [-0.2, 0) is 45.8 Å². The number of alkyl carbamates (subject to hydrolysis) is 1. The highest BCUT2D eigenvalue weighted by Crippen LogP contribution is 2.40. The molecular formula is C27H26FN3O6S. The molecule has 1 heterocycles. The van der Waals surface area contributed by atoms with Gasteiger partial charge in [-0.3, -0.25) is 4.79 Å². The molecule has 2 amide bonds. The summed E-state index contributed by atoms with van der Waals surface area (Å²) in [5.41, 5.74) is 2.24. The van der Waals surface area contributed by atoms with Crippen molar-refractivity contribution >= 4 is 27.9 Å². The normalized spacial score (nSPS) is 17.9. The number of carbonyl (C=O) groups excluding carboxylic acids is 2. The van der Waals surface area contributed by atoms with Gasteiger partial charge in [-0.1, -0.05) is 60.7 Å². The number of hydrogen-bond donors (Lipinski definition) is 2. The summed E-state index contributed by atoms with van der Waals surface area (Å²) < 4.78 is 55.1. The fourth-order valence-electron chi connectivity index (χ4n) is 4.61. The van der Waals surface area contributed by atoms with Crippen LogP contribution in [0.2, 0.25) is 0 Å². The lowest BCUT2D eigenvalue weighted by Gasteiger charge is -2.29. The molecule has 1 aliphatic carbocycles. The van der Waals surface area contributed by atoms with E-state index >= 15 is 4.39 Å². The summed E-state index contributed by atoms with van der Waals surface area (Å²) in [5.74, 6) is -1.54. The number of nitrogens with zero attached hydrogens (tertiary/aromatic N) is 1. The van der Waals surface area contributed by atoms with Crippen LogP contribution in [0.15, 0.2) is 66.7 Å². The lowest BCUT2D eigenvalue weighted by atomic mass is 9.87. The number of rotatable bonds is 7. The van der Waals surface area contributed by atoms with E-state index in [9.17, 15) is 18.0 Å². The zero-order valence-electron chi connectivity index (χ0n) is 20.4. The van der Waals surface area contributed by atoms with Gasteiger partial charge in [-0.15, -0.1) is 0 Å². The fourth-order valence-corrected chi connectivity index (χ4v) is 5.77. The van der Waals surface area contributed by atoms with Crippen molar-refractivity contribution in [1.82, 2.24) is 10.0 Å². The summed E-state index contributed by atoms with van der Waals surface area (Å²) in [4.78, 5) is 24.3. The third-order valence-electron chi connectivity index (χ3n) is 6.45. The summed E-state index contributed by atoms with van der Waals surface area (Å²) in [6, 6.07) is 19.6. The van der Waals surface area contributed by atoms with Crippen LogP contribution in [-0.4, -0.2) is 33.0 Å². The predicted octanol–water partition coefficient (Wildman–Crippen LogP) is 3.37. The van der Waals surface area contributed by atoms with Crippen molar-refractivity contribution in [1.29, 1.82) is 0 Å². The van der Waals surface area contributed by atoms with Crippen molar-refractivity contribution in [3.63, 3.8) is 0 Å². The molecule has 5 rings (SSSR count). The average Bonchev–Trinajstić information content (AvgIpc) is 3.19. The lowest BCUT2D eigenvalue weighted by molar-refractivity contribution is -0.117.